The first-order valence-electron chi connectivity index (χ1n) is 21.1. The molecule has 4 atom stereocenters. The SMILES string of the molecule is Cc1sc2nc1CC(=O)N[C@@H]1C[C@@H](C(=O)N3CCC(CC3)N3C[C@@H](n4cc(CC5CCCCC5)nn4)C[C@H]3C(=O)N3CCC2CC3)N(C2CCCC2)C1. The number of nitrogens with one attached hydrogen (secondary N) is 1. The standard InChI is InChI=1S/C40H59N9O3S/c1-26-34-22-37(50)41-29-20-35(47(23-29)31-9-5-6-10-31)39(51)46-17-13-32(14-18-46)48-25-33(49-24-30(43-44-49)19-27-7-3-2-4-8-27)21-36(48)40(52)45-15-11-28(12-16-45)38(42-34)53-26/h24,27-29,31-33,35-36H,2-23,25H2,1H3,(H,41,50)/t29-,33+,35+,36+/m1/s1. The van der Waals surface area contributed by atoms with Gasteiger partial charge >= 0.3 is 0 Å². The summed E-state index contributed by atoms with van der Waals surface area (Å²) >= 11 is 1.72. The molecule has 2 saturated carbocycles. The van der Waals surface area contributed by atoms with Crippen molar-refractivity contribution in [3.8, 4) is 0 Å². The third-order valence-corrected chi connectivity index (χ3v) is 15.4. The molecule has 0 spiro atoms. The van der Waals surface area contributed by atoms with Crippen LogP contribution in [0.5, 0.6) is 0 Å². The van der Waals surface area contributed by atoms with E-state index in [1.54, 1.807) is 11.3 Å². The highest BCUT2D eigenvalue weighted by Crippen LogP contribution is 2.38. The fourth-order valence-electron chi connectivity index (χ4n) is 11.2. The van der Waals surface area contributed by atoms with Crippen LogP contribution < -0.4 is 5.32 Å². The summed E-state index contributed by atoms with van der Waals surface area (Å²) in [6, 6.07) is 0.360. The number of aromatic nitrogens is 4. The van der Waals surface area contributed by atoms with Crippen molar-refractivity contribution in [1.29, 1.82) is 0 Å². The zero-order chi connectivity index (χ0) is 36.1. The summed E-state index contributed by atoms with van der Waals surface area (Å²) in [6.45, 7) is 6.50. The molecule has 0 radical (unpaired) electrons. The number of piperidine rings is 2. The van der Waals surface area contributed by atoms with Gasteiger partial charge in [-0.15, -0.1) is 16.4 Å². The van der Waals surface area contributed by atoms with Gasteiger partial charge in [0.05, 0.1) is 40.9 Å². The molecule has 7 aliphatic heterocycles. The Morgan fingerprint density at radius 2 is 1.40 bits per heavy atom. The predicted octanol–water partition coefficient (Wildman–Crippen LogP) is 4.24. The zero-order valence-corrected chi connectivity index (χ0v) is 32.5. The van der Waals surface area contributed by atoms with E-state index in [0.717, 1.165) is 98.8 Å². The van der Waals surface area contributed by atoms with Crippen LogP contribution >= 0.6 is 11.3 Å². The Kier molecular flexibility index (Phi) is 10.3. The lowest BCUT2D eigenvalue weighted by atomic mass is 9.86. The molecule has 11 rings (SSSR count). The normalized spacial score (nSPS) is 32.8. The maximum Gasteiger partial charge on any atom is 0.240 e. The summed E-state index contributed by atoms with van der Waals surface area (Å²) < 4.78 is 2.07. The molecule has 12 nitrogen and oxygen atoms in total. The Balaban J connectivity index is 0.967. The van der Waals surface area contributed by atoms with Crippen LogP contribution in [0, 0.1) is 12.8 Å². The van der Waals surface area contributed by atoms with Gasteiger partial charge in [0.1, 0.15) is 0 Å². The number of hydrogen-bond acceptors (Lipinski definition) is 9. The summed E-state index contributed by atoms with van der Waals surface area (Å²) in [7, 11) is 0. The molecule has 8 bridgehead atoms. The summed E-state index contributed by atoms with van der Waals surface area (Å²) in [6.07, 6.45) is 19.7. The molecular weight excluding hydrogens is 687 g/mol. The lowest BCUT2D eigenvalue weighted by Crippen LogP contribution is -2.55. The van der Waals surface area contributed by atoms with E-state index < -0.39 is 0 Å². The average molecular weight is 746 g/mol. The molecule has 2 aliphatic carbocycles. The van der Waals surface area contributed by atoms with Gasteiger partial charge in [-0.1, -0.05) is 50.2 Å². The number of hydrogen-bond donors (Lipinski definition) is 1. The average Bonchev–Trinajstić information content (AvgIpc) is 4.03. The lowest BCUT2D eigenvalue weighted by Gasteiger charge is -2.42. The number of thiazole rings is 1. The smallest absolute Gasteiger partial charge is 0.240 e. The molecule has 0 aromatic carbocycles. The van der Waals surface area contributed by atoms with Crippen molar-refractivity contribution >= 4 is 29.1 Å². The van der Waals surface area contributed by atoms with E-state index in [-0.39, 0.29) is 54.4 Å². The predicted molar refractivity (Wildman–Crippen MR) is 202 cm³/mol. The van der Waals surface area contributed by atoms with Crippen LogP contribution in [0.15, 0.2) is 6.20 Å². The lowest BCUT2D eigenvalue weighted by molar-refractivity contribution is -0.141. The van der Waals surface area contributed by atoms with Crippen LogP contribution in [0.25, 0.3) is 0 Å². The quantitative estimate of drug-likeness (QED) is 0.494. The number of carbonyl (C=O) groups is 3. The summed E-state index contributed by atoms with van der Waals surface area (Å²) in [5.74, 6) is 1.49. The van der Waals surface area contributed by atoms with Crippen molar-refractivity contribution < 1.29 is 14.4 Å². The van der Waals surface area contributed by atoms with Crippen LogP contribution in [0.4, 0.5) is 0 Å². The fourth-order valence-corrected chi connectivity index (χ4v) is 12.3. The summed E-state index contributed by atoms with van der Waals surface area (Å²) in [5, 5.41) is 13.7. The maximum atomic E-state index is 14.5. The largest absolute Gasteiger partial charge is 0.352 e. The van der Waals surface area contributed by atoms with Crippen LogP contribution in [0.2, 0.25) is 0 Å². The molecule has 288 valence electrons. The minimum atomic E-state index is -0.192. The number of nitrogens with zero attached hydrogens (tertiary/aromatic N) is 8. The van der Waals surface area contributed by atoms with Crippen LogP contribution in [0.1, 0.15) is 130 Å². The Bertz CT molecular complexity index is 1630. The number of amides is 3. The van der Waals surface area contributed by atoms with E-state index in [4.69, 9.17) is 4.98 Å². The zero-order valence-electron chi connectivity index (χ0n) is 31.7. The molecule has 1 N–H and O–H groups in total. The second-order valence-electron chi connectivity index (χ2n) is 17.5. The van der Waals surface area contributed by atoms with Crippen LogP contribution in [0.3, 0.4) is 0 Å². The minimum Gasteiger partial charge on any atom is -0.352 e. The summed E-state index contributed by atoms with van der Waals surface area (Å²) in [5.41, 5.74) is 1.96. The Labute approximate surface area is 318 Å². The Morgan fingerprint density at radius 3 is 2.13 bits per heavy atom. The van der Waals surface area contributed by atoms with E-state index in [1.165, 1.54) is 44.9 Å². The first-order chi connectivity index (χ1) is 25.9. The molecule has 0 unspecified atom stereocenters. The fraction of sp³-hybridized carbons (Fsp3) is 0.800. The second-order valence-corrected chi connectivity index (χ2v) is 18.8. The van der Waals surface area contributed by atoms with Crippen molar-refractivity contribution in [2.75, 3.05) is 39.3 Å². The van der Waals surface area contributed by atoms with Crippen molar-refractivity contribution in [2.45, 2.75) is 158 Å². The molecule has 4 saturated heterocycles. The second kappa shape index (κ2) is 15.3. The molecule has 9 heterocycles. The highest BCUT2D eigenvalue weighted by Gasteiger charge is 2.47. The Hall–Kier alpha value is -2.90. The van der Waals surface area contributed by atoms with Gasteiger partial charge in [0.25, 0.3) is 0 Å². The van der Waals surface area contributed by atoms with E-state index in [1.807, 2.05) is 0 Å². The van der Waals surface area contributed by atoms with Gasteiger partial charge in [-0.05, 0) is 70.6 Å². The van der Waals surface area contributed by atoms with Gasteiger partial charge in [0, 0.05) is 74.4 Å². The minimum absolute atomic E-state index is 0.00627. The van der Waals surface area contributed by atoms with Crippen molar-refractivity contribution in [1.82, 2.24) is 44.9 Å². The number of aryl methyl sites for hydroxylation is 1. The van der Waals surface area contributed by atoms with Gasteiger partial charge < -0.3 is 15.1 Å². The van der Waals surface area contributed by atoms with Gasteiger partial charge in [0.15, 0.2) is 0 Å². The van der Waals surface area contributed by atoms with E-state index in [0.29, 0.717) is 37.4 Å². The Morgan fingerprint density at radius 1 is 0.755 bits per heavy atom. The molecule has 9 aliphatic rings. The molecule has 53 heavy (non-hydrogen) atoms. The van der Waals surface area contributed by atoms with Gasteiger partial charge in [-0.3, -0.25) is 24.2 Å². The number of carbonyl (C=O) groups excluding carboxylic acids is 3. The highest BCUT2D eigenvalue weighted by molar-refractivity contribution is 7.11. The molecule has 3 amide bonds. The number of rotatable bonds is 4. The maximum absolute atomic E-state index is 14.5. The van der Waals surface area contributed by atoms with Crippen LogP contribution in [-0.2, 0) is 27.2 Å². The van der Waals surface area contributed by atoms with E-state index in [9.17, 15) is 14.4 Å². The first-order valence-corrected chi connectivity index (χ1v) is 21.9. The van der Waals surface area contributed by atoms with Crippen molar-refractivity contribution in [3.63, 3.8) is 0 Å². The van der Waals surface area contributed by atoms with E-state index in [2.05, 4.69) is 53.0 Å². The topological polar surface area (TPSA) is 120 Å². The van der Waals surface area contributed by atoms with Crippen molar-refractivity contribution in [3.05, 3.63) is 27.5 Å². The van der Waals surface area contributed by atoms with E-state index >= 15 is 0 Å². The molecule has 2 aromatic rings. The third-order valence-electron chi connectivity index (χ3n) is 14.2. The number of likely N-dealkylation sites (tertiary alicyclic amines) is 1. The van der Waals surface area contributed by atoms with Gasteiger partial charge in [0.2, 0.25) is 17.7 Å². The number of fused-ring (bicyclic) bond motifs is 2. The van der Waals surface area contributed by atoms with Crippen LogP contribution in [-0.4, -0.2) is 127 Å². The molecule has 2 aromatic heterocycles. The van der Waals surface area contributed by atoms with Gasteiger partial charge in [-0.25, -0.2) is 9.67 Å². The monoisotopic (exact) mass is 745 g/mol. The summed E-state index contributed by atoms with van der Waals surface area (Å²) in [4.78, 5) is 57.6. The molecular formula is C40H59N9O3S. The molecule has 13 heteroatoms. The first kappa shape index (κ1) is 35.8. The third kappa shape index (κ3) is 7.43. The molecule has 6 fully saturated rings. The highest BCUT2D eigenvalue weighted by atomic mass is 32.1. The van der Waals surface area contributed by atoms with Gasteiger partial charge in [-0.2, -0.15) is 0 Å². The van der Waals surface area contributed by atoms with Crippen molar-refractivity contribution in [2.24, 2.45) is 5.92 Å².